The van der Waals surface area contributed by atoms with Crippen molar-refractivity contribution in [3.8, 4) is 0 Å². The lowest BCUT2D eigenvalue weighted by molar-refractivity contribution is -0.402. The van der Waals surface area contributed by atoms with Gasteiger partial charge in [-0.2, -0.15) is 54.0 Å². The molecule has 0 spiro atoms. The van der Waals surface area contributed by atoms with Gasteiger partial charge in [0.15, 0.2) is 6.04 Å². The van der Waals surface area contributed by atoms with Crippen LogP contribution in [0.4, 0.5) is 8.78 Å². The van der Waals surface area contributed by atoms with Gasteiger partial charge >= 0.3 is 5.97 Å². The van der Waals surface area contributed by atoms with Crippen LogP contribution in [0.3, 0.4) is 0 Å². The number of halogens is 6. The summed E-state index contributed by atoms with van der Waals surface area (Å²) in [5.41, 5.74) is 23.5. The summed E-state index contributed by atoms with van der Waals surface area (Å²) >= 11 is 23.5. The summed E-state index contributed by atoms with van der Waals surface area (Å²) in [6.07, 6.45) is 1.13. The molecular weight excluding hydrogens is 941 g/mol. The zero-order valence-electron chi connectivity index (χ0n) is 32.3. The Kier molecular flexibility index (Phi) is 25.5. The van der Waals surface area contributed by atoms with Gasteiger partial charge < -0.3 is 37.9 Å². The van der Waals surface area contributed by atoms with Crippen molar-refractivity contribution in [2.45, 2.75) is 59.3 Å². The molecule has 2 aliphatic carbocycles. The van der Waals surface area contributed by atoms with Gasteiger partial charge in [-0.05, 0) is 65.8 Å². The van der Waals surface area contributed by atoms with Crippen molar-refractivity contribution in [3.05, 3.63) is 142 Å². The molecule has 0 aromatic heterocycles. The van der Waals surface area contributed by atoms with Crippen molar-refractivity contribution < 1.29 is 43.9 Å². The summed E-state index contributed by atoms with van der Waals surface area (Å²) in [5.74, 6) is -6.53. The number of carbonyl (C=O) groups is 4. The van der Waals surface area contributed by atoms with E-state index in [4.69, 9.17) is 68.7 Å². The van der Waals surface area contributed by atoms with Gasteiger partial charge in [0.25, 0.3) is 5.91 Å². The molecule has 0 bridgehead atoms. The number of carboxylic acid groups (broad SMARTS) is 2. The standard InChI is InChI=1S/2C11H9Cl2FO2.2C9H12N2O.4H2S/c2*1-5-4-6(2-3-7(5)14)8-9(10(15)16)11(8,12)13;2*10-8(9(11)12)6-7-4-2-1-3-5-7;;;;/h2*2-4,8-9H,1H3,(H,15,16);2*1-5,8H,6,10H2,(H2,11,12);4*1H2/t8-,9+;;2*8-;;;;/m0.00..../s1. The van der Waals surface area contributed by atoms with E-state index in [9.17, 15) is 33.1 Å². The van der Waals surface area contributed by atoms with Crippen LogP contribution in [-0.4, -0.2) is 49.6 Å². The number of benzene rings is 4. The third-order valence-electron chi connectivity index (χ3n) is 9.10. The minimum Gasteiger partial charge on any atom is -0.550 e. The molecule has 60 heavy (non-hydrogen) atoms. The highest BCUT2D eigenvalue weighted by atomic mass is 35.5. The van der Waals surface area contributed by atoms with E-state index < -0.39 is 56.2 Å². The van der Waals surface area contributed by atoms with Gasteiger partial charge in [0.2, 0.25) is 5.91 Å². The Balaban J connectivity index is 0. The summed E-state index contributed by atoms with van der Waals surface area (Å²) < 4.78 is 23.5. The van der Waals surface area contributed by atoms with E-state index in [1.54, 1.807) is 26.0 Å². The maximum Gasteiger partial charge on any atom is 0.310 e. The maximum atomic E-state index is 13.0. The molecule has 0 aliphatic heterocycles. The number of rotatable bonds is 10. The van der Waals surface area contributed by atoms with E-state index in [1.807, 2.05) is 60.7 Å². The van der Waals surface area contributed by atoms with Crippen LogP contribution in [0.2, 0.25) is 0 Å². The number of carbonyl (C=O) groups excluding carboxylic acids is 3. The van der Waals surface area contributed by atoms with Crippen LogP contribution in [0.15, 0.2) is 97.1 Å². The fourth-order valence-electron chi connectivity index (χ4n) is 5.77. The number of aliphatic carboxylic acids is 2. The molecule has 10 nitrogen and oxygen atoms in total. The number of aryl methyl sites for hydroxylation is 2. The summed E-state index contributed by atoms with van der Waals surface area (Å²) in [6, 6.07) is 27.1. The SMILES string of the molecule is Cc1cc(C2C(C(=O)O)C2(Cl)Cl)ccc1F.Cc1cc([C@H]2[C@H](C(=O)[O-])C2(Cl)Cl)ccc1F.NC(=O)[C@@H](N)Cc1ccccc1.NC(=O)[C@@H]([NH3+])Cc1ccccc1.S.S.S.S. The minimum atomic E-state index is -1.34. The van der Waals surface area contributed by atoms with Crippen LogP contribution in [0.1, 0.15) is 45.2 Å². The van der Waals surface area contributed by atoms with Gasteiger partial charge in [0, 0.05) is 30.1 Å². The summed E-state index contributed by atoms with van der Waals surface area (Å²) in [6.45, 7) is 3.21. The second-order valence-corrected chi connectivity index (χ2v) is 16.3. The molecule has 332 valence electrons. The van der Waals surface area contributed by atoms with Gasteiger partial charge in [-0.15, -0.1) is 23.2 Å². The summed E-state index contributed by atoms with van der Waals surface area (Å²) in [4.78, 5) is 42.9. The van der Waals surface area contributed by atoms with Gasteiger partial charge in [-0.3, -0.25) is 14.4 Å². The van der Waals surface area contributed by atoms with Crippen LogP contribution in [0, 0.1) is 37.3 Å². The Morgan fingerprint density at radius 1 is 0.683 bits per heavy atom. The van der Waals surface area contributed by atoms with E-state index in [-0.39, 0.29) is 77.6 Å². The molecule has 4 aromatic rings. The first-order chi connectivity index (χ1) is 26.1. The number of primary amides is 2. The zero-order chi connectivity index (χ0) is 42.1. The second-order valence-electron chi connectivity index (χ2n) is 13.4. The number of hydrogen-bond acceptors (Lipinski definition) is 6. The van der Waals surface area contributed by atoms with E-state index >= 15 is 0 Å². The number of amides is 2. The predicted molar refractivity (Wildman–Crippen MR) is 251 cm³/mol. The number of carboxylic acids is 2. The molecule has 20 heteroatoms. The molecule has 0 heterocycles. The normalized spacial score (nSPS) is 19.1. The Morgan fingerprint density at radius 2 is 1.05 bits per heavy atom. The first kappa shape index (κ1) is 59.2. The van der Waals surface area contributed by atoms with Crippen LogP contribution < -0.4 is 28.0 Å². The van der Waals surface area contributed by atoms with Gasteiger partial charge in [0.1, 0.15) is 20.3 Å². The van der Waals surface area contributed by atoms with E-state index in [0.717, 1.165) is 11.1 Å². The lowest BCUT2D eigenvalue weighted by atomic mass is 10.1. The van der Waals surface area contributed by atoms with Crippen LogP contribution in [0.5, 0.6) is 0 Å². The average Bonchev–Trinajstić information content (AvgIpc) is 3.94. The lowest BCUT2D eigenvalue weighted by Crippen LogP contribution is -2.67. The summed E-state index contributed by atoms with van der Waals surface area (Å²) in [7, 11) is 0. The molecule has 2 unspecified atom stereocenters. The highest BCUT2D eigenvalue weighted by Gasteiger charge is 2.68. The average molecular weight is 991 g/mol. The highest BCUT2D eigenvalue weighted by Crippen LogP contribution is 2.65. The van der Waals surface area contributed by atoms with Crippen molar-refractivity contribution in [1.29, 1.82) is 0 Å². The number of hydrogen-bond donors (Lipinski definition) is 5. The molecule has 2 aliphatic rings. The van der Waals surface area contributed by atoms with E-state index in [0.29, 0.717) is 35.1 Å². The quantitative estimate of drug-likeness (QED) is 0.141. The monoisotopic (exact) mass is 988 g/mol. The van der Waals surface area contributed by atoms with Gasteiger partial charge in [0.05, 0.1) is 12.0 Å². The van der Waals surface area contributed by atoms with Crippen molar-refractivity contribution in [2.75, 3.05) is 0 Å². The lowest BCUT2D eigenvalue weighted by Gasteiger charge is -2.06. The molecule has 10 N–H and O–H groups in total. The molecule has 0 saturated heterocycles. The fraction of sp³-hybridized carbons (Fsp3) is 0.300. The Morgan fingerprint density at radius 3 is 1.35 bits per heavy atom. The maximum absolute atomic E-state index is 13.0. The molecule has 4 aromatic carbocycles. The largest absolute Gasteiger partial charge is 0.550 e. The first-order valence-corrected chi connectivity index (χ1v) is 18.6. The zero-order valence-corrected chi connectivity index (χ0v) is 39.3. The first-order valence-electron chi connectivity index (χ1n) is 17.1. The third-order valence-corrected chi connectivity index (χ3v) is 11.0. The van der Waals surface area contributed by atoms with E-state index in [1.165, 1.54) is 24.3 Å². The molecule has 6 rings (SSSR count). The van der Waals surface area contributed by atoms with Gasteiger partial charge in [-0.25, -0.2) is 8.78 Å². The van der Waals surface area contributed by atoms with Crippen molar-refractivity contribution in [2.24, 2.45) is 29.0 Å². The fourth-order valence-corrected chi connectivity index (χ4v) is 7.40. The third kappa shape index (κ3) is 16.4. The molecule has 2 amide bonds. The smallest absolute Gasteiger partial charge is 0.310 e. The molecule has 0 radical (unpaired) electrons. The predicted octanol–water partition coefficient (Wildman–Crippen LogP) is 4.70. The highest BCUT2D eigenvalue weighted by molar-refractivity contribution is 7.59. The number of alkyl halides is 4. The minimum absolute atomic E-state index is 0. The van der Waals surface area contributed by atoms with Crippen LogP contribution in [0.25, 0.3) is 0 Å². The van der Waals surface area contributed by atoms with Crippen LogP contribution >= 0.6 is 100 Å². The van der Waals surface area contributed by atoms with Crippen LogP contribution in [-0.2, 0) is 32.0 Å². The van der Waals surface area contributed by atoms with Crippen molar-refractivity contribution in [1.82, 2.24) is 0 Å². The second kappa shape index (κ2) is 25.9. The number of nitrogens with two attached hydrogens (primary N) is 3. The molecule has 2 fully saturated rings. The van der Waals surface area contributed by atoms with Crippen molar-refractivity contribution >= 4 is 124 Å². The molecule has 2 saturated carbocycles. The Hall–Kier alpha value is -2.90. The Bertz CT molecular complexity index is 1890. The van der Waals surface area contributed by atoms with E-state index in [2.05, 4.69) is 5.73 Å². The molecule has 6 atom stereocenters. The van der Waals surface area contributed by atoms with Gasteiger partial charge in [-0.1, -0.05) is 108 Å². The topological polar surface area (TPSA) is 217 Å². The summed E-state index contributed by atoms with van der Waals surface area (Å²) in [5, 5.41) is 19.7. The Labute approximate surface area is 395 Å². The van der Waals surface area contributed by atoms with Crippen molar-refractivity contribution in [3.63, 3.8) is 0 Å². The number of quaternary nitrogens is 1. The molecular formula is C40H50Cl4F2N4O6S4.